The van der Waals surface area contributed by atoms with E-state index in [0.717, 1.165) is 81.4 Å². The van der Waals surface area contributed by atoms with E-state index in [1.54, 1.807) is 0 Å². The number of fused-ring (bicyclic) bond motifs is 6. The standard InChI is InChI=1S/C39H55N3O4/c1-26-22-27(32-11-9-29(24-36(32)46-26)42-20-18-41(4)19-21-42)6-5-7-31(44)25-45-40-37-13-12-34-33-10-8-28-23-30(43)14-16-38(28,2)35(33)15-17-39(34,37)3/h9,11,22,24,28,30,33-35,43H,1,5-8,10,12-21,23,25H2,2-4H3/b40-37-/t28-,30+,33-,34-,35-,38-,39-/m0/s1. The van der Waals surface area contributed by atoms with Crippen molar-refractivity contribution in [2.24, 2.45) is 39.7 Å². The molecular weight excluding hydrogens is 574 g/mol. The van der Waals surface area contributed by atoms with E-state index < -0.39 is 0 Å². The van der Waals surface area contributed by atoms with Crippen molar-refractivity contribution in [3.63, 3.8) is 0 Å². The van der Waals surface area contributed by atoms with Gasteiger partial charge < -0.3 is 24.5 Å². The minimum Gasteiger partial charge on any atom is -0.457 e. The second-order valence-electron chi connectivity index (χ2n) is 16.0. The van der Waals surface area contributed by atoms with Crippen LogP contribution >= 0.6 is 0 Å². The summed E-state index contributed by atoms with van der Waals surface area (Å²) in [7, 11) is 2.17. The molecule has 0 unspecified atom stereocenters. The van der Waals surface area contributed by atoms with E-state index in [-0.39, 0.29) is 23.9 Å². The lowest BCUT2D eigenvalue weighted by atomic mass is 9.45. The van der Waals surface area contributed by atoms with Gasteiger partial charge in [0.25, 0.3) is 0 Å². The van der Waals surface area contributed by atoms with Crippen molar-refractivity contribution in [3.05, 3.63) is 42.2 Å². The van der Waals surface area contributed by atoms with E-state index in [1.165, 1.54) is 55.5 Å². The zero-order valence-electron chi connectivity index (χ0n) is 28.4. The molecule has 2 aliphatic heterocycles. The predicted octanol–water partition coefficient (Wildman–Crippen LogP) is 7.24. The van der Waals surface area contributed by atoms with Gasteiger partial charge >= 0.3 is 0 Å². The van der Waals surface area contributed by atoms with Gasteiger partial charge in [0.1, 0.15) is 11.5 Å². The lowest BCUT2D eigenvalue weighted by Crippen LogP contribution is -2.54. The van der Waals surface area contributed by atoms with E-state index in [9.17, 15) is 9.90 Å². The highest BCUT2D eigenvalue weighted by Gasteiger charge is 2.59. The number of oxime groups is 1. The van der Waals surface area contributed by atoms with Crippen LogP contribution in [0.5, 0.6) is 5.75 Å². The number of allylic oxidation sites excluding steroid dienone is 2. The van der Waals surface area contributed by atoms with Gasteiger partial charge in [-0.2, -0.15) is 0 Å². The fourth-order valence-electron chi connectivity index (χ4n) is 10.7. The summed E-state index contributed by atoms with van der Waals surface area (Å²) in [5.41, 5.74) is 5.14. The molecule has 0 radical (unpaired) electrons. The number of carbonyl (C=O) groups excluding carboxylic acids is 1. The van der Waals surface area contributed by atoms with Crippen molar-refractivity contribution >= 4 is 22.8 Å². The molecule has 4 saturated carbocycles. The van der Waals surface area contributed by atoms with Gasteiger partial charge in [-0.25, -0.2) is 0 Å². The Morgan fingerprint density at radius 3 is 2.74 bits per heavy atom. The van der Waals surface area contributed by atoms with Crippen LogP contribution in [0.2, 0.25) is 0 Å². The maximum absolute atomic E-state index is 12.9. The SMILES string of the molecule is C=C1C=C(CCCC(=O)CO/N=C2/CC[C@H]3[C@@H]4CC[C@H]5C[C@H](O)CC[C@]5(C)[C@H]4CC[C@]23C)c2ccc(N3CCN(C)CC3)cc2O1. The van der Waals surface area contributed by atoms with Crippen LogP contribution in [0.1, 0.15) is 96.5 Å². The molecule has 6 aliphatic rings. The molecule has 7 nitrogen and oxygen atoms in total. The Kier molecular flexibility index (Phi) is 8.86. The number of rotatable bonds is 8. The Balaban J connectivity index is 0.905. The summed E-state index contributed by atoms with van der Waals surface area (Å²) in [4.78, 5) is 23.4. The number of carbonyl (C=O) groups is 1. The van der Waals surface area contributed by atoms with Crippen LogP contribution in [0, 0.1) is 34.5 Å². The van der Waals surface area contributed by atoms with Gasteiger partial charge in [0, 0.05) is 55.3 Å². The van der Waals surface area contributed by atoms with Crippen LogP contribution in [0.15, 0.2) is 41.8 Å². The number of likely N-dealkylation sites (N-methyl/N-ethyl adjacent to an activating group) is 1. The van der Waals surface area contributed by atoms with Crippen molar-refractivity contribution in [2.75, 3.05) is 44.7 Å². The van der Waals surface area contributed by atoms with Crippen LogP contribution in [0.3, 0.4) is 0 Å². The summed E-state index contributed by atoms with van der Waals surface area (Å²) in [6.07, 6.45) is 14.3. The monoisotopic (exact) mass is 629 g/mol. The third-order valence-corrected chi connectivity index (χ3v) is 13.4. The van der Waals surface area contributed by atoms with Gasteiger partial charge in [-0.15, -0.1) is 0 Å². The second kappa shape index (κ2) is 12.8. The van der Waals surface area contributed by atoms with Gasteiger partial charge in [0.15, 0.2) is 12.4 Å². The van der Waals surface area contributed by atoms with Gasteiger partial charge in [0.2, 0.25) is 0 Å². The summed E-state index contributed by atoms with van der Waals surface area (Å²) in [5, 5.41) is 15.0. The second-order valence-corrected chi connectivity index (χ2v) is 16.0. The highest BCUT2D eigenvalue weighted by atomic mass is 16.6. The molecule has 1 saturated heterocycles. The first kappa shape index (κ1) is 31.9. The number of hydrogen-bond acceptors (Lipinski definition) is 7. The molecular formula is C39H55N3O4. The molecule has 7 atom stereocenters. The maximum Gasteiger partial charge on any atom is 0.175 e. The Hall–Kier alpha value is -2.64. The van der Waals surface area contributed by atoms with Gasteiger partial charge in [-0.1, -0.05) is 25.6 Å². The molecule has 4 aliphatic carbocycles. The zero-order valence-corrected chi connectivity index (χ0v) is 28.4. The van der Waals surface area contributed by atoms with E-state index in [1.807, 2.05) is 6.08 Å². The van der Waals surface area contributed by atoms with Crippen LogP contribution < -0.4 is 9.64 Å². The van der Waals surface area contributed by atoms with E-state index in [0.29, 0.717) is 29.4 Å². The van der Waals surface area contributed by atoms with Gasteiger partial charge in [-0.3, -0.25) is 4.79 Å². The minimum absolute atomic E-state index is 0.0538. The summed E-state index contributed by atoms with van der Waals surface area (Å²) in [6, 6.07) is 6.50. The van der Waals surface area contributed by atoms with E-state index >= 15 is 0 Å². The average molecular weight is 630 g/mol. The molecule has 250 valence electrons. The predicted molar refractivity (Wildman–Crippen MR) is 184 cm³/mol. The molecule has 2 heterocycles. The molecule has 1 aromatic carbocycles. The van der Waals surface area contributed by atoms with Gasteiger partial charge in [-0.05, 0) is 131 Å². The number of piperazine rings is 1. The Morgan fingerprint density at radius 1 is 1.09 bits per heavy atom. The number of anilines is 1. The first-order chi connectivity index (χ1) is 22.1. The van der Waals surface area contributed by atoms with E-state index in [4.69, 9.17) is 9.57 Å². The summed E-state index contributed by atoms with van der Waals surface area (Å²) >= 11 is 0. The lowest BCUT2D eigenvalue weighted by Gasteiger charge is -2.60. The number of aliphatic hydroxyl groups excluding tert-OH is 1. The van der Waals surface area contributed by atoms with Gasteiger partial charge in [0.05, 0.1) is 11.8 Å². The smallest absolute Gasteiger partial charge is 0.175 e. The highest BCUT2D eigenvalue weighted by molar-refractivity contribution is 5.92. The van der Waals surface area contributed by atoms with Crippen LogP contribution in [0.4, 0.5) is 5.69 Å². The number of benzene rings is 1. The van der Waals surface area contributed by atoms with Crippen LogP contribution in [0.25, 0.3) is 5.57 Å². The first-order valence-electron chi connectivity index (χ1n) is 18.2. The Labute approximate surface area is 276 Å². The molecule has 46 heavy (non-hydrogen) atoms. The molecule has 7 heteroatoms. The molecule has 0 aromatic heterocycles. The topological polar surface area (TPSA) is 74.6 Å². The van der Waals surface area contributed by atoms with Crippen molar-refractivity contribution in [1.29, 1.82) is 0 Å². The largest absolute Gasteiger partial charge is 0.457 e. The lowest BCUT2D eigenvalue weighted by molar-refractivity contribution is -0.123. The molecule has 0 amide bonds. The third kappa shape index (κ3) is 5.96. The molecule has 7 rings (SSSR count). The zero-order chi connectivity index (χ0) is 32.1. The van der Waals surface area contributed by atoms with Crippen molar-refractivity contribution in [1.82, 2.24) is 4.90 Å². The number of ketones is 1. The average Bonchev–Trinajstić information content (AvgIpc) is 3.37. The summed E-state index contributed by atoms with van der Waals surface area (Å²) in [5.74, 6) is 4.49. The Bertz CT molecular complexity index is 1400. The third-order valence-electron chi connectivity index (χ3n) is 13.4. The van der Waals surface area contributed by atoms with Crippen molar-refractivity contribution < 1.29 is 19.5 Å². The van der Waals surface area contributed by atoms with Crippen molar-refractivity contribution in [2.45, 2.75) is 97.0 Å². The number of aliphatic hydroxyl groups is 1. The minimum atomic E-state index is -0.0926. The van der Waals surface area contributed by atoms with Crippen LogP contribution in [-0.2, 0) is 9.63 Å². The summed E-state index contributed by atoms with van der Waals surface area (Å²) < 4.78 is 6.03. The highest BCUT2D eigenvalue weighted by Crippen LogP contribution is 2.65. The van der Waals surface area contributed by atoms with Crippen molar-refractivity contribution in [3.8, 4) is 5.75 Å². The molecule has 5 fully saturated rings. The number of hydrogen-bond donors (Lipinski definition) is 1. The fourth-order valence-corrected chi connectivity index (χ4v) is 10.7. The maximum atomic E-state index is 12.9. The molecule has 1 aromatic rings. The quantitative estimate of drug-likeness (QED) is 0.306. The first-order valence-corrected chi connectivity index (χ1v) is 18.2. The van der Waals surface area contributed by atoms with Crippen LogP contribution in [-0.4, -0.2) is 67.4 Å². The molecule has 0 bridgehead atoms. The number of nitrogens with zero attached hydrogens (tertiary/aromatic N) is 3. The number of ether oxygens (including phenoxy) is 1. The normalized spacial score (nSPS) is 36.7. The summed E-state index contributed by atoms with van der Waals surface area (Å²) in [6.45, 7) is 13.3. The fraction of sp³-hybridized carbons (Fsp3) is 0.692. The molecule has 1 N–H and O–H groups in total. The molecule has 0 spiro atoms. The Morgan fingerprint density at radius 2 is 1.91 bits per heavy atom. The number of Topliss-reactive ketones (excluding diaryl/α,β-unsaturated/α-hetero) is 1. The van der Waals surface area contributed by atoms with E-state index in [2.05, 4.69) is 60.6 Å².